The number of halogens is 1. The van der Waals surface area contributed by atoms with Gasteiger partial charge in [-0.25, -0.2) is 0 Å². The maximum Gasteiger partial charge on any atom is 0.280 e. The third kappa shape index (κ3) is 3.04. The van der Waals surface area contributed by atoms with Crippen LogP contribution in [-0.2, 0) is 17.7 Å². The highest BCUT2D eigenvalue weighted by Gasteiger charge is 2.35. The van der Waals surface area contributed by atoms with Gasteiger partial charge in [-0.2, -0.15) is 0 Å². The van der Waals surface area contributed by atoms with Crippen molar-refractivity contribution in [2.45, 2.75) is 33.2 Å². The third-order valence-electron chi connectivity index (χ3n) is 4.89. The molecular formula is C18H21ClN4O2. The van der Waals surface area contributed by atoms with Crippen molar-refractivity contribution < 1.29 is 9.53 Å². The molecular weight excluding hydrogens is 340 g/mol. The van der Waals surface area contributed by atoms with E-state index in [0.717, 1.165) is 42.9 Å². The molecule has 0 unspecified atom stereocenters. The van der Waals surface area contributed by atoms with E-state index >= 15 is 0 Å². The van der Waals surface area contributed by atoms with E-state index in [1.54, 1.807) is 10.9 Å². The summed E-state index contributed by atoms with van der Waals surface area (Å²) in [6.45, 7) is 6.97. The number of ether oxygens (including phenoxy) is 1. The Kier molecular flexibility index (Phi) is 4.04. The molecule has 25 heavy (non-hydrogen) atoms. The van der Waals surface area contributed by atoms with Crippen molar-refractivity contribution in [2.75, 3.05) is 24.7 Å². The van der Waals surface area contributed by atoms with Crippen LogP contribution < -0.4 is 4.90 Å². The molecule has 1 amide bonds. The van der Waals surface area contributed by atoms with Gasteiger partial charge in [0.1, 0.15) is 0 Å². The molecule has 2 aliphatic heterocycles. The summed E-state index contributed by atoms with van der Waals surface area (Å²) in [5, 5.41) is 8.96. The molecule has 0 N–H and O–H groups in total. The second-order valence-electron chi connectivity index (χ2n) is 7.40. The Morgan fingerprint density at radius 2 is 2.20 bits per heavy atom. The third-order valence-corrected chi connectivity index (χ3v) is 5.11. The zero-order chi connectivity index (χ0) is 17.6. The number of carbonyl (C=O) groups is 1. The van der Waals surface area contributed by atoms with Crippen LogP contribution in [0.5, 0.6) is 0 Å². The number of fused-ring (bicyclic) bond motifs is 1. The second-order valence-corrected chi connectivity index (χ2v) is 7.83. The molecule has 0 radical (unpaired) electrons. The quantitative estimate of drug-likeness (QED) is 0.844. The Balaban J connectivity index is 1.59. The summed E-state index contributed by atoms with van der Waals surface area (Å²) in [6, 6.07) is 3.86. The van der Waals surface area contributed by atoms with Gasteiger partial charge in [0.05, 0.1) is 31.6 Å². The van der Waals surface area contributed by atoms with Gasteiger partial charge in [-0.05, 0) is 43.0 Å². The molecule has 2 aromatic rings. The minimum Gasteiger partial charge on any atom is -0.380 e. The zero-order valence-electron chi connectivity index (χ0n) is 14.5. The largest absolute Gasteiger partial charge is 0.380 e. The summed E-state index contributed by atoms with van der Waals surface area (Å²) in [5.41, 5.74) is 3.57. The molecule has 0 spiro atoms. The van der Waals surface area contributed by atoms with E-state index < -0.39 is 0 Å². The van der Waals surface area contributed by atoms with E-state index in [1.807, 2.05) is 24.0 Å². The van der Waals surface area contributed by atoms with Crippen molar-refractivity contribution >= 4 is 23.2 Å². The number of hydrogen-bond donors (Lipinski definition) is 0. The van der Waals surface area contributed by atoms with Crippen LogP contribution in [0.4, 0.5) is 5.69 Å². The Labute approximate surface area is 151 Å². The average Bonchev–Trinajstić information content (AvgIpc) is 3.00. The molecule has 1 aromatic heterocycles. The number of anilines is 1. The molecule has 1 fully saturated rings. The fourth-order valence-electron chi connectivity index (χ4n) is 3.67. The smallest absolute Gasteiger partial charge is 0.280 e. The van der Waals surface area contributed by atoms with Gasteiger partial charge < -0.3 is 9.64 Å². The van der Waals surface area contributed by atoms with Gasteiger partial charge in [0, 0.05) is 17.0 Å². The standard InChI is InChI=1S/C18H21ClN4O2/c1-12-6-14(19)7-13-4-3-5-23(16(12)13)17(24)15-8-22(21-20-15)9-18(2)10-25-11-18/h6-8H,3-5,9-11H2,1-2H3. The van der Waals surface area contributed by atoms with Gasteiger partial charge in [-0.1, -0.05) is 23.7 Å². The van der Waals surface area contributed by atoms with Crippen molar-refractivity contribution in [3.8, 4) is 0 Å². The van der Waals surface area contributed by atoms with Crippen LogP contribution >= 0.6 is 11.6 Å². The molecule has 0 aliphatic carbocycles. The summed E-state index contributed by atoms with van der Waals surface area (Å²) in [4.78, 5) is 14.8. The first-order chi connectivity index (χ1) is 12.0. The maximum atomic E-state index is 13.0. The van der Waals surface area contributed by atoms with E-state index in [0.29, 0.717) is 23.8 Å². The lowest BCUT2D eigenvalue weighted by molar-refractivity contribution is -0.111. The van der Waals surface area contributed by atoms with E-state index in [2.05, 4.69) is 17.2 Å². The lowest BCUT2D eigenvalue weighted by atomic mass is 9.89. The second kappa shape index (κ2) is 6.11. The molecule has 0 atom stereocenters. The number of hydrogen-bond acceptors (Lipinski definition) is 4. The minimum absolute atomic E-state index is 0.0824. The first-order valence-corrected chi connectivity index (χ1v) is 8.92. The van der Waals surface area contributed by atoms with Crippen molar-refractivity contribution in [1.82, 2.24) is 15.0 Å². The van der Waals surface area contributed by atoms with Gasteiger partial charge in [0.25, 0.3) is 5.91 Å². The van der Waals surface area contributed by atoms with Gasteiger partial charge >= 0.3 is 0 Å². The zero-order valence-corrected chi connectivity index (χ0v) is 15.2. The van der Waals surface area contributed by atoms with Crippen LogP contribution in [0.2, 0.25) is 5.02 Å². The summed E-state index contributed by atoms with van der Waals surface area (Å²) < 4.78 is 7.02. The molecule has 132 valence electrons. The topological polar surface area (TPSA) is 60.2 Å². The van der Waals surface area contributed by atoms with Crippen molar-refractivity contribution in [3.63, 3.8) is 0 Å². The lowest BCUT2D eigenvalue weighted by Gasteiger charge is -2.37. The van der Waals surface area contributed by atoms with Crippen molar-refractivity contribution in [1.29, 1.82) is 0 Å². The van der Waals surface area contributed by atoms with E-state index in [9.17, 15) is 4.79 Å². The van der Waals surface area contributed by atoms with Crippen LogP contribution in [0.25, 0.3) is 0 Å². The molecule has 0 saturated carbocycles. The van der Waals surface area contributed by atoms with E-state index in [-0.39, 0.29) is 11.3 Å². The molecule has 3 heterocycles. The molecule has 4 rings (SSSR count). The van der Waals surface area contributed by atoms with E-state index in [1.165, 1.54) is 0 Å². The number of nitrogens with zero attached hydrogens (tertiary/aromatic N) is 4. The van der Waals surface area contributed by atoms with Gasteiger partial charge in [0.15, 0.2) is 5.69 Å². The summed E-state index contributed by atoms with van der Waals surface area (Å²) in [7, 11) is 0. The molecule has 1 aromatic carbocycles. The predicted octanol–water partition coefficient (Wildman–Crippen LogP) is 2.87. The maximum absolute atomic E-state index is 13.0. The fraction of sp³-hybridized carbons (Fsp3) is 0.500. The number of carbonyl (C=O) groups excluding carboxylic acids is 1. The predicted molar refractivity (Wildman–Crippen MR) is 95.1 cm³/mol. The molecule has 2 aliphatic rings. The highest BCUT2D eigenvalue weighted by molar-refractivity contribution is 6.31. The normalized spacial score (nSPS) is 18.6. The number of benzene rings is 1. The Bertz CT molecular complexity index is 828. The first kappa shape index (κ1) is 16.5. The molecule has 6 nitrogen and oxygen atoms in total. The van der Waals surface area contributed by atoms with Crippen LogP contribution in [0.3, 0.4) is 0 Å². The number of aromatic nitrogens is 3. The summed E-state index contributed by atoms with van der Waals surface area (Å²) in [5.74, 6) is -0.104. The Morgan fingerprint density at radius 1 is 1.40 bits per heavy atom. The van der Waals surface area contributed by atoms with Crippen LogP contribution in [0.1, 0.15) is 35.0 Å². The van der Waals surface area contributed by atoms with Crippen LogP contribution in [0.15, 0.2) is 18.3 Å². The lowest BCUT2D eigenvalue weighted by Crippen LogP contribution is -2.43. The van der Waals surface area contributed by atoms with Gasteiger partial charge in [-0.3, -0.25) is 9.48 Å². The van der Waals surface area contributed by atoms with Crippen molar-refractivity contribution in [2.24, 2.45) is 5.41 Å². The minimum atomic E-state index is -0.104. The number of amides is 1. The summed E-state index contributed by atoms with van der Waals surface area (Å²) in [6.07, 6.45) is 3.60. The van der Waals surface area contributed by atoms with Crippen LogP contribution in [0, 0.1) is 12.3 Å². The molecule has 7 heteroatoms. The summed E-state index contributed by atoms with van der Waals surface area (Å²) >= 11 is 6.17. The highest BCUT2D eigenvalue weighted by atomic mass is 35.5. The molecule has 1 saturated heterocycles. The number of aryl methyl sites for hydroxylation is 2. The van der Waals surface area contributed by atoms with Crippen LogP contribution in [-0.4, -0.2) is 40.7 Å². The monoisotopic (exact) mass is 360 g/mol. The van der Waals surface area contributed by atoms with Gasteiger partial charge in [-0.15, -0.1) is 5.10 Å². The highest BCUT2D eigenvalue weighted by Crippen LogP contribution is 2.34. The average molecular weight is 361 g/mol. The number of rotatable bonds is 3. The molecule has 0 bridgehead atoms. The van der Waals surface area contributed by atoms with E-state index in [4.69, 9.17) is 16.3 Å². The fourth-order valence-corrected chi connectivity index (χ4v) is 3.96. The SMILES string of the molecule is Cc1cc(Cl)cc2c1N(C(=O)c1cn(CC3(C)COC3)nn1)CCC2. The first-order valence-electron chi connectivity index (χ1n) is 8.54. The van der Waals surface area contributed by atoms with Crippen molar-refractivity contribution in [3.05, 3.63) is 40.2 Å². The van der Waals surface area contributed by atoms with Gasteiger partial charge in [0.2, 0.25) is 0 Å². The Hall–Kier alpha value is -1.92. The Morgan fingerprint density at radius 3 is 2.92 bits per heavy atom.